The van der Waals surface area contributed by atoms with Crippen LogP contribution >= 0.6 is 12.4 Å². The Kier molecular flexibility index (Phi) is 9.26. The number of amides is 1. The molecule has 0 aromatic rings. The first-order chi connectivity index (χ1) is 8.63. The predicted molar refractivity (Wildman–Crippen MR) is 76.0 cm³/mol. The van der Waals surface area contributed by atoms with E-state index < -0.39 is 12.0 Å². The second-order valence-corrected chi connectivity index (χ2v) is 4.45. The lowest BCUT2D eigenvalue weighted by atomic mass is 10.1. The van der Waals surface area contributed by atoms with Crippen LogP contribution in [0.15, 0.2) is 12.2 Å². The number of carbonyl (C=O) groups is 2. The predicted octanol–water partition coefficient (Wildman–Crippen LogP) is 1.30. The minimum absolute atomic E-state index is 0. The molecule has 19 heavy (non-hydrogen) atoms. The van der Waals surface area contributed by atoms with Crippen molar-refractivity contribution in [2.24, 2.45) is 5.73 Å². The van der Waals surface area contributed by atoms with Gasteiger partial charge in [0.15, 0.2) is 0 Å². The first-order valence-electron chi connectivity index (χ1n) is 6.51. The minimum Gasteiger partial charge on any atom is -0.465 e. The molecule has 0 saturated carbocycles. The van der Waals surface area contributed by atoms with E-state index in [-0.39, 0.29) is 24.4 Å². The van der Waals surface area contributed by atoms with Gasteiger partial charge in [-0.05, 0) is 26.2 Å². The van der Waals surface area contributed by atoms with Crippen LogP contribution in [0.5, 0.6) is 0 Å². The van der Waals surface area contributed by atoms with Crippen molar-refractivity contribution < 1.29 is 14.3 Å². The summed E-state index contributed by atoms with van der Waals surface area (Å²) in [5, 5.41) is 2.96. The molecule has 0 bridgehead atoms. The fraction of sp³-hybridized carbons (Fsp3) is 0.692. The van der Waals surface area contributed by atoms with Crippen LogP contribution in [-0.4, -0.2) is 30.6 Å². The molecule has 0 aliphatic carbocycles. The molecule has 0 aromatic carbocycles. The molecule has 3 N–H and O–H groups in total. The van der Waals surface area contributed by atoms with Crippen molar-refractivity contribution in [1.82, 2.24) is 5.32 Å². The lowest BCUT2D eigenvalue weighted by Crippen LogP contribution is -2.33. The smallest absolute Gasteiger partial charge is 0.326 e. The molecule has 0 aromatic heterocycles. The van der Waals surface area contributed by atoms with Gasteiger partial charge in [-0.2, -0.15) is 0 Å². The molecule has 1 aliphatic heterocycles. The minimum atomic E-state index is -0.716. The van der Waals surface area contributed by atoms with Crippen molar-refractivity contribution in [2.75, 3.05) is 6.61 Å². The summed E-state index contributed by atoms with van der Waals surface area (Å²) in [5.41, 5.74) is 5.63. The molecule has 1 rings (SSSR count). The van der Waals surface area contributed by atoms with Crippen LogP contribution in [0.3, 0.4) is 0 Å². The van der Waals surface area contributed by atoms with Gasteiger partial charge in [0, 0.05) is 12.5 Å². The van der Waals surface area contributed by atoms with Crippen LogP contribution in [0.25, 0.3) is 0 Å². The normalized spacial score (nSPS) is 21.2. The number of hydrogen-bond donors (Lipinski definition) is 2. The number of nitrogens with one attached hydrogen (secondary N) is 1. The average Bonchev–Trinajstić information content (AvgIpc) is 2.54. The van der Waals surface area contributed by atoms with Gasteiger partial charge in [-0.1, -0.05) is 18.6 Å². The Morgan fingerprint density at radius 1 is 1.58 bits per heavy atom. The highest BCUT2D eigenvalue weighted by atomic mass is 35.5. The van der Waals surface area contributed by atoms with E-state index in [0.29, 0.717) is 19.4 Å². The van der Waals surface area contributed by atoms with E-state index >= 15 is 0 Å². The Bertz CT molecular complexity index is 321. The summed E-state index contributed by atoms with van der Waals surface area (Å²) in [7, 11) is 0. The fourth-order valence-electron chi connectivity index (χ4n) is 1.93. The molecule has 1 amide bonds. The zero-order chi connectivity index (χ0) is 13.4. The highest BCUT2D eigenvalue weighted by Crippen LogP contribution is 2.12. The molecule has 110 valence electrons. The van der Waals surface area contributed by atoms with Gasteiger partial charge < -0.3 is 15.8 Å². The van der Waals surface area contributed by atoms with Crippen molar-refractivity contribution in [1.29, 1.82) is 0 Å². The number of nitrogens with two attached hydrogens (primary N) is 1. The Balaban J connectivity index is 0.00000324. The van der Waals surface area contributed by atoms with Crippen molar-refractivity contribution in [3.8, 4) is 0 Å². The van der Waals surface area contributed by atoms with E-state index in [0.717, 1.165) is 19.3 Å². The highest BCUT2D eigenvalue weighted by molar-refractivity contribution is 5.85. The Labute approximate surface area is 120 Å². The van der Waals surface area contributed by atoms with E-state index in [9.17, 15) is 9.59 Å². The van der Waals surface area contributed by atoms with Crippen molar-refractivity contribution in [2.45, 2.75) is 51.1 Å². The fourth-order valence-corrected chi connectivity index (χ4v) is 1.93. The average molecular weight is 291 g/mol. The third-order valence-corrected chi connectivity index (χ3v) is 2.89. The van der Waals surface area contributed by atoms with E-state index in [4.69, 9.17) is 10.5 Å². The molecule has 0 radical (unpaired) electrons. The Morgan fingerprint density at radius 3 is 3.00 bits per heavy atom. The van der Waals surface area contributed by atoms with Crippen LogP contribution < -0.4 is 11.1 Å². The van der Waals surface area contributed by atoms with Crippen LogP contribution in [0.2, 0.25) is 0 Å². The number of carbonyl (C=O) groups excluding carboxylic acids is 2. The standard InChI is InChI=1S/C13H22N2O3.ClH/c1-2-18-13(17)11(14)8-5-7-10-6-3-4-9-12(16)15-10;/h5,8,10-11H,2-4,6-7,9,14H2,1H3,(H,15,16);1H. The van der Waals surface area contributed by atoms with Crippen LogP contribution in [0, 0.1) is 0 Å². The molecule has 2 atom stereocenters. The third-order valence-electron chi connectivity index (χ3n) is 2.89. The number of rotatable bonds is 5. The third kappa shape index (κ3) is 7.18. The summed E-state index contributed by atoms with van der Waals surface area (Å²) in [6.45, 7) is 2.08. The van der Waals surface area contributed by atoms with Gasteiger partial charge in [-0.25, -0.2) is 0 Å². The van der Waals surface area contributed by atoms with Gasteiger partial charge in [0.25, 0.3) is 0 Å². The number of esters is 1. The zero-order valence-electron chi connectivity index (χ0n) is 11.3. The van der Waals surface area contributed by atoms with E-state index in [2.05, 4.69) is 5.32 Å². The lowest BCUT2D eigenvalue weighted by Gasteiger charge is -2.13. The molecule has 1 saturated heterocycles. The lowest BCUT2D eigenvalue weighted by molar-refractivity contribution is -0.143. The molecule has 5 nitrogen and oxygen atoms in total. The highest BCUT2D eigenvalue weighted by Gasteiger charge is 2.15. The topological polar surface area (TPSA) is 81.4 Å². The van der Waals surface area contributed by atoms with Gasteiger partial charge in [0.1, 0.15) is 6.04 Å². The summed E-state index contributed by atoms with van der Waals surface area (Å²) in [6.07, 6.45) is 7.79. The van der Waals surface area contributed by atoms with E-state index in [1.54, 1.807) is 13.0 Å². The Hall–Kier alpha value is -1.07. The molecule has 1 aliphatic rings. The summed E-state index contributed by atoms with van der Waals surface area (Å²) in [4.78, 5) is 22.6. The summed E-state index contributed by atoms with van der Waals surface area (Å²) in [6, 6.07) is -0.558. The summed E-state index contributed by atoms with van der Waals surface area (Å²) >= 11 is 0. The van der Waals surface area contributed by atoms with Crippen LogP contribution in [0.4, 0.5) is 0 Å². The maximum absolute atomic E-state index is 11.3. The van der Waals surface area contributed by atoms with Gasteiger partial charge in [0.05, 0.1) is 6.61 Å². The monoisotopic (exact) mass is 290 g/mol. The first kappa shape index (κ1) is 17.9. The molecular weight excluding hydrogens is 268 g/mol. The van der Waals surface area contributed by atoms with E-state index in [1.165, 1.54) is 0 Å². The number of ether oxygens (including phenoxy) is 1. The zero-order valence-corrected chi connectivity index (χ0v) is 12.1. The number of halogens is 1. The van der Waals surface area contributed by atoms with Gasteiger partial charge in [-0.3, -0.25) is 9.59 Å². The van der Waals surface area contributed by atoms with Gasteiger partial charge in [-0.15, -0.1) is 12.4 Å². The largest absolute Gasteiger partial charge is 0.465 e. The molecule has 2 unspecified atom stereocenters. The van der Waals surface area contributed by atoms with Crippen molar-refractivity contribution >= 4 is 24.3 Å². The molecule has 0 spiro atoms. The maximum Gasteiger partial charge on any atom is 0.326 e. The number of hydrogen-bond acceptors (Lipinski definition) is 4. The van der Waals surface area contributed by atoms with Crippen molar-refractivity contribution in [3.05, 3.63) is 12.2 Å². The summed E-state index contributed by atoms with van der Waals surface area (Å²) in [5.74, 6) is -0.306. The van der Waals surface area contributed by atoms with Gasteiger partial charge >= 0.3 is 5.97 Å². The quantitative estimate of drug-likeness (QED) is 0.591. The SMILES string of the molecule is CCOC(=O)C(N)C=CCC1CCCCC(=O)N1.Cl. The Morgan fingerprint density at radius 2 is 2.32 bits per heavy atom. The van der Waals surface area contributed by atoms with Crippen molar-refractivity contribution in [3.63, 3.8) is 0 Å². The summed E-state index contributed by atoms with van der Waals surface area (Å²) < 4.78 is 4.80. The van der Waals surface area contributed by atoms with Gasteiger partial charge in [0.2, 0.25) is 5.91 Å². The molecule has 6 heteroatoms. The second kappa shape index (κ2) is 9.81. The first-order valence-corrected chi connectivity index (χ1v) is 6.51. The molecule has 1 heterocycles. The molecule has 1 fully saturated rings. The van der Waals surface area contributed by atoms with Crippen LogP contribution in [0.1, 0.15) is 39.0 Å². The maximum atomic E-state index is 11.3. The van der Waals surface area contributed by atoms with E-state index in [1.807, 2.05) is 6.08 Å². The molecular formula is C13H23ClN2O3. The second-order valence-electron chi connectivity index (χ2n) is 4.45. The van der Waals surface area contributed by atoms with Crippen LogP contribution in [-0.2, 0) is 14.3 Å².